The lowest BCUT2D eigenvalue weighted by atomic mass is 9.81. The molecule has 2 amide bonds. The quantitative estimate of drug-likeness (QED) is 0.723. The maximum absolute atomic E-state index is 12.8. The summed E-state index contributed by atoms with van der Waals surface area (Å²) in [5.74, 6) is 0.409. The van der Waals surface area contributed by atoms with Crippen LogP contribution < -0.4 is 5.32 Å². The van der Waals surface area contributed by atoms with Crippen molar-refractivity contribution in [1.29, 1.82) is 0 Å². The molecule has 0 spiro atoms. The SMILES string of the molecule is CNC(=O)C1(Cc2cc(-c3ccccc3)no2)CCN(C(=O)c2cccnc2)C1. The Morgan fingerprint density at radius 3 is 2.76 bits per heavy atom. The summed E-state index contributed by atoms with van der Waals surface area (Å²) < 4.78 is 5.54. The first kappa shape index (κ1) is 18.9. The van der Waals surface area contributed by atoms with Crippen molar-refractivity contribution in [3.8, 4) is 11.3 Å². The molecule has 29 heavy (non-hydrogen) atoms. The Bertz CT molecular complexity index is 1000. The summed E-state index contributed by atoms with van der Waals surface area (Å²) in [7, 11) is 1.62. The summed E-state index contributed by atoms with van der Waals surface area (Å²) in [6, 6.07) is 15.1. The number of carbonyl (C=O) groups excluding carboxylic acids is 2. The van der Waals surface area contributed by atoms with Crippen molar-refractivity contribution >= 4 is 11.8 Å². The molecule has 0 radical (unpaired) electrons. The van der Waals surface area contributed by atoms with Crippen molar-refractivity contribution in [3.05, 3.63) is 72.2 Å². The zero-order chi connectivity index (χ0) is 20.3. The number of hydrogen-bond donors (Lipinski definition) is 1. The van der Waals surface area contributed by atoms with Gasteiger partial charge in [0.2, 0.25) is 5.91 Å². The van der Waals surface area contributed by atoms with E-state index in [0.717, 1.165) is 11.3 Å². The Balaban J connectivity index is 1.55. The van der Waals surface area contributed by atoms with E-state index in [0.29, 0.717) is 37.3 Å². The molecule has 3 aromatic rings. The lowest BCUT2D eigenvalue weighted by Gasteiger charge is -2.26. The van der Waals surface area contributed by atoms with Crippen LogP contribution in [0.15, 0.2) is 65.4 Å². The number of nitrogens with one attached hydrogen (secondary N) is 1. The van der Waals surface area contributed by atoms with E-state index in [1.54, 1.807) is 36.5 Å². The Kier molecular flexibility index (Phi) is 5.12. The summed E-state index contributed by atoms with van der Waals surface area (Å²) in [5.41, 5.74) is 1.46. The normalized spacial score (nSPS) is 18.6. The molecule has 3 heterocycles. The third-order valence-electron chi connectivity index (χ3n) is 5.40. The van der Waals surface area contributed by atoms with Gasteiger partial charge in [0.05, 0.1) is 11.0 Å². The Hall–Kier alpha value is -3.48. The maximum Gasteiger partial charge on any atom is 0.255 e. The highest BCUT2D eigenvalue weighted by atomic mass is 16.5. The van der Waals surface area contributed by atoms with Gasteiger partial charge in [-0.2, -0.15) is 0 Å². The first-order chi connectivity index (χ1) is 14.1. The van der Waals surface area contributed by atoms with Gasteiger partial charge >= 0.3 is 0 Å². The largest absolute Gasteiger partial charge is 0.361 e. The molecule has 1 aliphatic heterocycles. The predicted octanol–water partition coefficient (Wildman–Crippen LogP) is 2.56. The van der Waals surface area contributed by atoms with Crippen LogP contribution in [0, 0.1) is 5.41 Å². The second kappa shape index (κ2) is 7.87. The number of hydrogen-bond acceptors (Lipinski definition) is 5. The average molecular weight is 390 g/mol. The third kappa shape index (κ3) is 3.76. The molecule has 7 heteroatoms. The highest BCUT2D eigenvalue weighted by molar-refractivity contribution is 5.95. The summed E-state index contributed by atoms with van der Waals surface area (Å²) in [6.45, 7) is 0.822. The first-order valence-electron chi connectivity index (χ1n) is 9.54. The summed E-state index contributed by atoms with van der Waals surface area (Å²) in [4.78, 5) is 31.3. The molecule has 148 valence electrons. The molecule has 7 nitrogen and oxygen atoms in total. The highest BCUT2D eigenvalue weighted by Gasteiger charge is 2.46. The van der Waals surface area contributed by atoms with Gasteiger partial charge < -0.3 is 14.7 Å². The van der Waals surface area contributed by atoms with Gasteiger partial charge in [-0.1, -0.05) is 35.5 Å². The van der Waals surface area contributed by atoms with Crippen molar-refractivity contribution in [2.75, 3.05) is 20.1 Å². The van der Waals surface area contributed by atoms with E-state index < -0.39 is 5.41 Å². The number of benzene rings is 1. The number of carbonyl (C=O) groups is 2. The fourth-order valence-electron chi connectivity index (χ4n) is 3.87. The van der Waals surface area contributed by atoms with Crippen molar-refractivity contribution in [2.45, 2.75) is 12.8 Å². The van der Waals surface area contributed by atoms with Gasteiger partial charge in [0.15, 0.2) is 0 Å². The monoisotopic (exact) mass is 390 g/mol. The van der Waals surface area contributed by atoms with Crippen LogP contribution in [0.3, 0.4) is 0 Å². The molecule has 1 atom stereocenters. The molecule has 1 unspecified atom stereocenters. The molecule has 1 aromatic carbocycles. The van der Waals surface area contributed by atoms with Crippen molar-refractivity contribution in [2.24, 2.45) is 5.41 Å². The van der Waals surface area contributed by atoms with Gasteiger partial charge in [0, 0.05) is 50.6 Å². The van der Waals surface area contributed by atoms with Crippen molar-refractivity contribution in [1.82, 2.24) is 20.4 Å². The van der Waals surface area contributed by atoms with E-state index in [1.165, 1.54) is 0 Å². The van der Waals surface area contributed by atoms with E-state index in [-0.39, 0.29) is 11.8 Å². The van der Waals surface area contributed by atoms with Crippen LogP contribution in [0.4, 0.5) is 0 Å². The van der Waals surface area contributed by atoms with Gasteiger partial charge in [-0.05, 0) is 18.6 Å². The smallest absolute Gasteiger partial charge is 0.255 e. The van der Waals surface area contributed by atoms with Crippen molar-refractivity contribution < 1.29 is 14.1 Å². The molecular formula is C22H22N4O3. The first-order valence-corrected chi connectivity index (χ1v) is 9.54. The van der Waals surface area contributed by atoms with Gasteiger partial charge in [-0.15, -0.1) is 0 Å². The fourth-order valence-corrected chi connectivity index (χ4v) is 3.87. The molecule has 1 saturated heterocycles. The number of nitrogens with zero attached hydrogens (tertiary/aromatic N) is 3. The minimum atomic E-state index is -0.750. The Labute approximate surface area is 168 Å². The van der Waals surface area contributed by atoms with E-state index in [2.05, 4.69) is 15.5 Å². The van der Waals surface area contributed by atoms with Crippen molar-refractivity contribution in [3.63, 3.8) is 0 Å². The molecule has 1 fully saturated rings. The maximum atomic E-state index is 12.8. The second-order valence-electron chi connectivity index (χ2n) is 7.30. The minimum Gasteiger partial charge on any atom is -0.361 e. The van der Waals surface area contributed by atoms with E-state index in [4.69, 9.17) is 4.52 Å². The van der Waals surface area contributed by atoms with Crippen LogP contribution in [0.5, 0.6) is 0 Å². The minimum absolute atomic E-state index is 0.100. The van der Waals surface area contributed by atoms with Crippen LogP contribution in [0.25, 0.3) is 11.3 Å². The van der Waals surface area contributed by atoms with Crippen LogP contribution in [-0.2, 0) is 11.2 Å². The van der Waals surface area contributed by atoms with Gasteiger partial charge in [0.1, 0.15) is 11.5 Å². The third-order valence-corrected chi connectivity index (χ3v) is 5.40. The number of aromatic nitrogens is 2. The van der Waals surface area contributed by atoms with Crippen LogP contribution in [-0.4, -0.2) is 47.0 Å². The molecule has 0 bridgehead atoms. The lowest BCUT2D eigenvalue weighted by molar-refractivity contribution is -0.130. The van der Waals surface area contributed by atoms with Crippen LogP contribution >= 0.6 is 0 Å². The van der Waals surface area contributed by atoms with E-state index >= 15 is 0 Å². The van der Waals surface area contributed by atoms with Gasteiger partial charge in [-0.3, -0.25) is 14.6 Å². The topological polar surface area (TPSA) is 88.3 Å². The van der Waals surface area contributed by atoms with Gasteiger partial charge in [0.25, 0.3) is 5.91 Å². The fraction of sp³-hybridized carbons (Fsp3) is 0.273. The summed E-state index contributed by atoms with van der Waals surface area (Å²) in [6.07, 6.45) is 4.11. The van der Waals surface area contributed by atoms with E-state index in [1.807, 2.05) is 36.4 Å². The number of rotatable bonds is 5. The highest BCUT2D eigenvalue weighted by Crippen LogP contribution is 2.36. The molecular weight excluding hydrogens is 368 g/mol. The van der Waals surface area contributed by atoms with Crippen LogP contribution in [0.1, 0.15) is 22.5 Å². The molecule has 2 aromatic heterocycles. The predicted molar refractivity (Wildman–Crippen MR) is 107 cm³/mol. The summed E-state index contributed by atoms with van der Waals surface area (Å²) >= 11 is 0. The number of likely N-dealkylation sites (tertiary alicyclic amines) is 1. The van der Waals surface area contributed by atoms with Crippen LogP contribution in [0.2, 0.25) is 0 Å². The molecule has 4 rings (SSSR count). The standard InChI is InChI=1S/C22H22N4O3/c1-23-21(28)22(9-11-26(15-22)20(27)17-8-5-10-24-14-17)13-18-12-19(25-29-18)16-6-3-2-4-7-16/h2-8,10,12,14H,9,11,13,15H2,1H3,(H,23,28). The Morgan fingerprint density at radius 2 is 2.03 bits per heavy atom. The molecule has 0 aliphatic carbocycles. The van der Waals surface area contributed by atoms with Gasteiger partial charge in [-0.25, -0.2) is 0 Å². The lowest BCUT2D eigenvalue weighted by Crippen LogP contribution is -2.44. The number of pyridine rings is 1. The average Bonchev–Trinajstić information content (AvgIpc) is 3.42. The zero-order valence-corrected chi connectivity index (χ0v) is 16.2. The molecule has 0 saturated carbocycles. The number of amides is 2. The molecule has 1 aliphatic rings. The zero-order valence-electron chi connectivity index (χ0n) is 16.2. The summed E-state index contributed by atoms with van der Waals surface area (Å²) in [5, 5.41) is 6.91. The Morgan fingerprint density at radius 1 is 1.21 bits per heavy atom. The molecule has 1 N–H and O–H groups in total. The second-order valence-corrected chi connectivity index (χ2v) is 7.30. The van der Waals surface area contributed by atoms with E-state index in [9.17, 15) is 9.59 Å².